The number of hydrogen-bond donors (Lipinski definition) is 2. The summed E-state index contributed by atoms with van der Waals surface area (Å²) in [5, 5.41) is 2.24. The molecule has 0 saturated carbocycles. The Morgan fingerprint density at radius 1 is 1.07 bits per heavy atom. The first-order valence-corrected chi connectivity index (χ1v) is 8.29. The molecule has 0 spiro atoms. The summed E-state index contributed by atoms with van der Waals surface area (Å²) in [6, 6.07) is 11.5. The zero-order valence-corrected chi connectivity index (χ0v) is 15.9. The highest BCUT2D eigenvalue weighted by atomic mass is 35.5. The molecule has 2 aromatic rings. The Morgan fingerprint density at radius 3 is 2.25 bits per heavy atom. The van der Waals surface area contributed by atoms with E-state index in [-0.39, 0.29) is 43.5 Å². The van der Waals surface area contributed by atoms with Gasteiger partial charge in [0.1, 0.15) is 0 Å². The van der Waals surface area contributed by atoms with Crippen molar-refractivity contribution < 1.29 is 22.8 Å². The molecule has 0 aliphatic carbocycles. The molecule has 0 atom stereocenters. The van der Waals surface area contributed by atoms with Crippen molar-refractivity contribution >= 4 is 35.6 Å². The summed E-state index contributed by atoms with van der Waals surface area (Å²) in [5.41, 5.74) is 5.63. The molecule has 0 saturated heterocycles. The Morgan fingerprint density at radius 2 is 1.68 bits per heavy atom. The van der Waals surface area contributed by atoms with Crippen LogP contribution in [-0.4, -0.2) is 29.8 Å². The van der Waals surface area contributed by atoms with Crippen LogP contribution in [0.25, 0.3) is 0 Å². The van der Waals surface area contributed by atoms with Crippen LogP contribution in [0.3, 0.4) is 0 Å². The van der Waals surface area contributed by atoms with E-state index >= 15 is 0 Å². The van der Waals surface area contributed by atoms with Crippen molar-refractivity contribution in [3.05, 3.63) is 59.7 Å². The fourth-order valence-corrected chi connectivity index (χ4v) is 2.50. The average molecular weight is 416 g/mol. The van der Waals surface area contributed by atoms with E-state index in [0.29, 0.717) is 5.69 Å². The van der Waals surface area contributed by atoms with Crippen LogP contribution in [0.1, 0.15) is 18.1 Å². The maximum Gasteiger partial charge on any atom is 0.418 e. The summed E-state index contributed by atoms with van der Waals surface area (Å²) < 4.78 is 39.0. The van der Waals surface area contributed by atoms with Gasteiger partial charge in [-0.2, -0.15) is 13.2 Å². The summed E-state index contributed by atoms with van der Waals surface area (Å²) in [7, 11) is 0. The number of halogens is 4. The van der Waals surface area contributed by atoms with Crippen molar-refractivity contribution in [1.29, 1.82) is 0 Å². The topological polar surface area (TPSA) is 75.4 Å². The number of rotatable bonds is 6. The highest BCUT2D eigenvalue weighted by Crippen LogP contribution is 2.34. The van der Waals surface area contributed by atoms with E-state index in [1.165, 1.54) is 23.1 Å². The van der Waals surface area contributed by atoms with Crippen LogP contribution in [0.15, 0.2) is 48.5 Å². The molecule has 0 aromatic heterocycles. The minimum absolute atomic E-state index is 0. The first-order chi connectivity index (χ1) is 12.7. The van der Waals surface area contributed by atoms with Crippen LogP contribution in [0.5, 0.6) is 0 Å². The van der Waals surface area contributed by atoms with Crippen LogP contribution in [0.4, 0.5) is 24.5 Å². The molecule has 0 fully saturated rings. The average Bonchev–Trinajstić information content (AvgIpc) is 2.61. The summed E-state index contributed by atoms with van der Waals surface area (Å²) >= 11 is 0. The van der Waals surface area contributed by atoms with Crippen LogP contribution >= 0.6 is 12.4 Å². The maximum absolute atomic E-state index is 13.0. The summed E-state index contributed by atoms with van der Waals surface area (Å²) in [6.45, 7) is 1.61. The number of para-hydroxylation sites is 1. The number of anilines is 2. The van der Waals surface area contributed by atoms with Gasteiger partial charge >= 0.3 is 6.18 Å². The number of nitrogens with two attached hydrogens (primary N) is 1. The van der Waals surface area contributed by atoms with Crippen molar-refractivity contribution in [2.24, 2.45) is 0 Å². The van der Waals surface area contributed by atoms with Crippen LogP contribution < -0.4 is 11.1 Å². The number of alkyl halides is 3. The van der Waals surface area contributed by atoms with E-state index in [4.69, 9.17) is 5.73 Å². The second kappa shape index (κ2) is 9.98. The number of nitrogen functional groups attached to an aromatic ring is 1. The molecule has 2 rings (SSSR count). The highest BCUT2D eigenvalue weighted by molar-refractivity contribution is 5.95. The monoisotopic (exact) mass is 415 g/mol. The fraction of sp³-hybridized carbons (Fsp3) is 0.263. The van der Waals surface area contributed by atoms with Crippen LogP contribution in [0.2, 0.25) is 0 Å². The van der Waals surface area contributed by atoms with E-state index in [1.807, 2.05) is 0 Å². The van der Waals surface area contributed by atoms with Gasteiger partial charge in [0, 0.05) is 12.2 Å². The van der Waals surface area contributed by atoms with Gasteiger partial charge in [-0.1, -0.05) is 24.3 Å². The molecule has 0 bridgehead atoms. The molecule has 0 heterocycles. The lowest BCUT2D eigenvalue weighted by atomic mass is 10.1. The van der Waals surface area contributed by atoms with Gasteiger partial charge in [0.25, 0.3) is 0 Å². The highest BCUT2D eigenvalue weighted by Gasteiger charge is 2.33. The van der Waals surface area contributed by atoms with Gasteiger partial charge in [-0.15, -0.1) is 12.4 Å². The molecule has 3 N–H and O–H groups in total. The normalized spacial score (nSPS) is 10.7. The largest absolute Gasteiger partial charge is 0.418 e. The third-order valence-electron chi connectivity index (χ3n) is 3.91. The third-order valence-corrected chi connectivity index (χ3v) is 3.91. The van der Waals surface area contributed by atoms with E-state index in [0.717, 1.165) is 11.6 Å². The number of hydrogen-bond acceptors (Lipinski definition) is 3. The molecule has 5 nitrogen and oxygen atoms in total. The lowest BCUT2D eigenvalue weighted by Crippen LogP contribution is -2.38. The van der Waals surface area contributed by atoms with Crippen molar-refractivity contribution in [3.63, 3.8) is 0 Å². The summed E-state index contributed by atoms with van der Waals surface area (Å²) in [5.74, 6) is -0.999. The summed E-state index contributed by atoms with van der Waals surface area (Å²) in [4.78, 5) is 25.8. The number of benzene rings is 2. The van der Waals surface area contributed by atoms with Crippen molar-refractivity contribution in [2.75, 3.05) is 24.1 Å². The molecule has 0 aliphatic rings. The maximum atomic E-state index is 13.0. The Labute approximate surface area is 167 Å². The van der Waals surface area contributed by atoms with Gasteiger partial charge in [0.15, 0.2) is 0 Å². The molecule has 152 valence electrons. The van der Waals surface area contributed by atoms with E-state index in [2.05, 4.69) is 5.32 Å². The zero-order valence-electron chi connectivity index (χ0n) is 15.1. The van der Waals surface area contributed by atoms with E-state index in [1.54, 1.807) is 31.2 Å². The Kier molecular flexibility index (Phi) is 8.31. The minimum atomic E-state index is -4.58. The third kappa shape index (κ3) is 6.45. The Hall–Kier alpha value is -2.74. The first kappa shape index (κ1) is 23.3. The van der Waals surface area contributed by atoms with Crippen LogP contribution in [-0.2, 0) is 22.2 Å². The fourth-order valence-electron chi connectivity index (χ4n) is 2.50. The predicted octanol–water partition coefficient (Wildman–Crippen LogP) is 3.74. The molecular formula is C19H21ClF3N3O2. The Balaban J connectivity index is 0.00000392. The van der Waals surface area contributed by atoms with E-state index in [9.17, 15) is 22.8 Å². The van der Waals surface area contributed by atoms with Crippen LogP contribution in [0, 0.1) is 0 Å². The molecule has 0 unspecified atom stereocenters. The number of nitrogens with one attached hydrogen (secondary N) is 1. The number of likely N-dealkylation sites (N-methyl/N-ethyl adjacent to an activating group) is 1. The molecule has 2 amide bonds. The van der Waals surface area contributed by atoms with Gasteiger partial charge in [0.2, 0.25) is 11.8 Å². The number of carbonyl (C=O) groups excluding carboxylic acids is 2. The quantitative estimate of drug-likeness (QED) is 0.706. The molecule has 28 heavy (non-hydrogen) atoms. The zero-order chi connectivity index (χ0) is 20.0. The van der Waals surface area contributed by atoms with Crippen molar-refractivity contribution in [1.82, 2.24) is 4.90 Å². The van der Waals surface area contributed by atoms with Gasteiger partial charge < -0.3 is 16.0 Å². The van der Waals surface area contributed by atoms with Crippen molar-refractivity contribution in [3.8, 4) is 0 Å². The molecule has 0 aliphatic heterocycles. The van der Waals surface area contributed by atoms with Crippen molar-refractivity contribution in [2.45, 2.75) is 19.5 Å². The molecule has 0 radical (unpaired) electrons. The van der Waals surface area contributed by atoms with Gasteiger partial charge in [-0.3, -0.25) is 9.59 Å². The number of amides is 2. The molecule has 9 heteroatoms. The number of nitrogens with zero attached hydrogens (tertiary/aromatic N) is 1. The first-order valence-electron chi connectivity index (χ1n) is 8.29. The van der Waals surface area contributed by atoms with Gasteiger partial charge in [-0.05, 0) is 36.8 Å². The lowest BCUT2D eigenvalue weighted by Gasteiger charge is -2.21. The lowest BCUT2D eigenvalue weighted by molar-refractivity contribution is -0.137. The van der Waals surface area contributed by atoms with E-state index < -0.39 is 17.6 Å². The van der Waals surface area contributed by atoms with Gasteiger partial charge in [0.05, 0.1) is 24.2 Å². The van der Waals surface area contributed by atoms with Gasteiger partial charge in [-0.25, -0.2) is 0 Å². The SMILES string of the molecule is CCN(CC(=O)Nc1ccccc1C(F)(F)F)C(=O)Cc1ccc(N)cc1.Cl. The smallest absolute Gasteiger partial charge is 0.399 e. The summed E-state index contributed by atoms with van der Waals surface area (Å²) in [6.07, 6.45) is -4.51. The standard InChI is InChI=1S/C19H20F3N3O2.ClH/c1-2-25(18(27)11-13-7-9-14(23)10-8-13)12-17(26)24-16-6-4-3-5-15(16)19(20,21)22;/h3-10H,2,11-12,23H2,1H3,(H,24,26);1H. The number of carbonyl (C=O) groups is 2. The second-order valence-corrected chi connectivity index (χ2v) is 5.92. The second-order valence-electron chi connectivity index (χ2n) is 5.92. The minimum Gasteiger partial charge on any atom is -0.399 e. The molecule has 2 aromatic carbocycles. The predicted molar refractivity (Wildman–Crippen MR) is 104 cm³/mol. The molecular weight excluding hydrogens is 395 g/mol. The Bertz CT molecular complexity index is 811.